The van der Waals surface area contributed by atoms with Gasteiger partial charge in [-0.2, -0.15) is 4.98 Å². The van der Waals surface area contributed by atoms with Crippen molar-refractivity contribution in [3.8, 4) is 22.9 Å². The fraction of sp³-hybridized carbons (Fsp3) is 0.286. The maximum atomic E-state index is 5.46. The van der Waals surface area contributed by atoms with Gasteiger partial charge in [-0.05, 0) is 51.3 Å². The molecule has 0 bridgehead atoms. The predicted octanol–water partition coefficient (Wildman–Crippen LogP) is 3.37. The number of fused-ring (bicyclic) bond motifs is 1. The van der Waals surface area contributed by atoms with Crippen molar-refractivity contribution < 1.29 is 9.47 Å². The van der Waals surface area contributed by atoms with Crippen LogP contribution >= 0.6 is 0 Å². The van der Waals surface area contributed by atoms with Crippen LogP contribution < -0.4 is 20.1 Å². The average Bonchev–Trinajstić information content (AvgIpc) is 3.19. The standard InChI is InChI=1S/C21H24N6O2/c1-27(2)11-5-10-23-21-25-17(16-6-3-4-9-22-16)13-20(26-21)24-15-7-8-18-19(12-15)29-14-28-18/h3-4,6-9,12-13H,5,10-11,14H2,1-2H3,(H2,23,24,25,26). The maximum absolute atomic E-state index is 5.46. The van der Waals surface area contributed by atoms with Crippen molar-refractivity contribution >= 4 is 17.5 Å². The zero-order chi connectivity index (χ0) is 20.1. The molecule has 0 radical (unpaired) electrons. The van der Waals surface area contributed by atoms with Crippen LogP contribution in [0.5, 0.6) is 11.5 Å². The van der Waals surface area contributed by atoms with E-state index in [9.17, 15) is 0 Å². The van der Waals surface area contributed by atoms with Gasteiger partial charge in [0, 0.05) is 30.6 Å². The highest BCUT2D eigenvalue weighted by molar-refractivity contribution is 5.67. The first-order valence-electron chi connectivity index (χ1n) is 9.53. The Morgan fingerprint density at radius 2 is 1.90 bits per heavy atom. The van der Waals surface area contributed by atoms with Crippen LogP contribution in [0.25, 0.3) is 11.4 Å². The second kappa shape index (κ2) is 8.74. The Bertz CT molecular complexity index is 965. The SMILES string of the molecule is CN(C)CCCNc1nc(Nc2ccc3c(c2)OCO3)cc(-c2ccccn2)n1. The minimum absolute atomic E-state index is 0.247. The molecule has 3 heterocycles. The van der Waals surface area contributed by atoms with Crippen molar-refractivity contribution in [3.63, 3.8) is 0 Å². The molecule has 0 fully saturated rings. The summed E-state index contributed by atoms with van der Waals surface area (Å²) in [5.41, 5.74) is 2.40. The highest BCUT2D eigenvalue weighted by atomic mass is 16.7. The number of nitrogens with zero attached hydrogens (tertiary/aromatic N) is 4. The number of nitrogens with one attached hydrogen (secondary N) is 2. The van der Waals surface area contributed by atoms with Crippen LogP contribution in [0.3, 0.4) is 0 Å². The molecule has 0 saturated heterocycles. The van der Waals surface area contributed by atoms with Gasteiger partial charge < -0.3 is 25.0 Å². The molecule has 3 aromatic rings. The number of anilines is 3. The van der Waals surface area contributed by atoms with E-state index in [1.54, 1.807) is 6.20 Å². The van der Waals surface area contributed by atoms with Gasteiger partial charge in [0.25, 0.3) is 0 Å². The number of hydrogen-bond acceptors (Lipinski definition) is 8. The van der Waals surface area contributed by atoms with Crippen molar-refractivity contribution in [3.05, 3.63) is 48.7 Å². The first-order chi connectivity index (χ1) is 14.2. The third-order valence-corrected chi connectivity index (χ3v) is 4.36. The highest BCUT2D eigenvalue weighted by Gasteiger charge is 2.14. The van der Waals surface area contributed by atoms with Crippen molar-refractivity contribution in [1.29, 1.82) is 0 Å². The summed E-state index contributed by atoms with van der Waals surface area (Å²) >= 11 is 0. The summed E-state index contributed by atoms with van der Waals surface area (Å²) in [5, 5.41) is 6.65. The van der Waals surface area contributed by atoms with E-state index in [0.717, 1.165) is 48.1 Å². The Hall–Kier alpha value is -3.39. The maximum Gasteiger partial charge on any atom is 0.231 e. The lowest BCUT2D eigenvalue weighted by Crippen LogP contribution is -2.17. The second-order valence-corrected chi connectivity index (χ2v) is 6.95. The van der Waals surface area contributed by atoms with E-state index < -0.39 is 0 Å². The molecule has 0 saturated carbocycles. The molecule has 1 aliphatic rings. The zero-order valence-corrected chi connectivity index (χ0v) is 16.6. The molecule has 0 atom stereocenters. The van der Waals surface area contributed by atoms with Crippen molar-refractivity contribution in [1.82, 2.24) is 19.9 Å². The average molecular weight is 392 g/mol. The first kappa shape index (κ1) is 18.9. The summed E-state index contributed by atoms with van der Waals surface area (Å²) in [5.74, 6) is 2.71. The van der Waals surface area contributed by atoms with Gasteiger partial charge in [0.15, 0.2) is 11.5 Å². The van der Waals surface area contributed by atoms with Crippen molar-refractivity contribution in [2.45, 2.75) is 6.42 Å². The summed E-state index contributed by atoms with van der Waals surface area (Å²) in [6.07, 6.45) is 2.75. The van der Waals surface area contributed by atoms with Gasteiger partial charge in [-0.1, -0.05) is 6.07 Å². The molecule has 0 spiro atoms. The molecule has 8 nitrogen and oxygen atoms in total. The lowest BCUT2D eigenvalue weighted by molar-refractivity contribution is 0.174. The van der Waals surface area contributed by atoms with Crippen LogP contribution in [0.4, 0.5) is 17.5 Å². The summed E-state index contributed by atoms with van der Waals surface area (Å²) in [4.78, 5) is 15.8. The van der Waals surface area contributed by atoms with E-state index in [0.29, 0.717) is 11.8 Å². The minimum Gasteiger partial charge on any atom is -0.454 e. The molecule has 1 aliphatic heterocycles. The number of aromatic nitrogens is 3. The molecule has 1 aromatic carbocycles. The lowest BCUT2D eigenvalue weighted by Gasteiger charge is -2.13. The Labute approximate surface area is 169 Å². The molecular formula is C21H24N6O2. The second-order valence-electron chi connectivity index (χ2n) is 6.95. The van der Waals surface area contributed by atoms with Gasteiger partial charge in [0.1, 0.15) is 5.82 Å². The molecule has 4 rings (SSSR count). The molecule has 2 N–H and O–H groups in total. The summed E-state index contributed by atoms with van der Waals surface area (Å²) < 4.78 is 10.8. The first-order valence-corrected chi connectivity index (χ1v) is 9.53. The molecule has 2 aromatic heterocycles. The van der Waals surface area contributed by atoms with E-state index in [-0.39, 0.29) is 6.79 Å². The molecular weight excluding hydrogens is 368 g/mol. The predicted molar refractivity (Wildman–Crippen MR) is 113 cm³/mol. The fourth-order valence-corrected chi connectivity index (χ4v) is 2.95. The van der Waals surface area contributed by atoms with Gasteiger partial charge >= 0.3 is 0 Å². The Kier molecular flexibility index (Phi) is 5.71. The van der Waals surface area contributed by atoms with Crippen LogP contribution in [0.2, 0.25) is 0 Å². The molecule has 0 aliphatic carbocycles. The van der Waals surface area contributed by atoms with Gasteiger partial charge in [0.05, 0.1) is 11.4 Å². The Balaban J connectivity index is 1.57. The van der Waals surface area contributed by atoms with Crippen LogP contribution in [0.15, 0.2) is 48.7 Å². The van der Waals surface area contributed by atoms with Crippen LogP contribution in [-0.4, -0.2) is 53.8 Å². The van der Waals surface area contributed by atoms with E-state index in [2.05, 4.69) is 44.6 Å². The molecule has 8 heteroatoms. The van der Waals surface area contributed by atoms with Crippen LogP contribution in [0, 0.1) is 0 Å². The Morgan fingerprint density at radius 1 is 1.00 bits per heavy atom. The Morgan fingerprint density at radius 3 is 2.72 bits per heavy atom. The van der Waals surface area contributed by atoms with E-state index >= 15 is 0 Å². The van der Waals surface area contributed by atoms with E-state index in [1.165, 1.54) is 0 Å². The summed E-state index contributed by atoms with van der Waals surface area (Å²) in [7, 11) is 4.12. The van der Waals surface area contributed by atoms with Crippen molar-refractivity contribution in [2.24, 2.45) is 0 Å². The summed E-state index contributed by atoms with van der Waals surface area (Å²) in [6, 6.07) is 13.4. The molecule has 0 amide bonds. The van der Waals surface area contributed by atoms with E-state index in [1.807, 2.05) is 42.5 Å². The number of ether oxygens (including phenoxy) is 2. The number of hydrogen-bond donors (Lipinski definition) is 2. The van der Waals surface area contributed by atoms with Crippen molar-refractivity contribution in [2.75, 3.05) is 44.6 Å². The molecule has 0 unspecified atom stereocenters. The quantitative estimate of drug-likeness (QED) is 0.565. The van der Waals surface area contributed by atoms with Crippen LogP contribution in [0.1, 0.15) is 6.42 Å². The number of rotatable bonds is 8. The molecule has 29 heavy (non-hydrogen) atoms. The number of benzene rings is 1. The highest BCUT2D eigenvalue weighted by Crippen LogP contribution is 2.35. The van der Waals surface area contributed by atoms with Gasteiger partial charge in [-0.25, -0.2) is 4.98 Å². The van der Waals surface area contributed by atoms with E-state index in [4.69, 9.17) is 9.47 Å². The van der Waals surface area contributed by atoms with Crippen LogP contribution in [-0.2, 0) is 0 Å². The monoisotopic (exact) mass is 392 g/mol. The number of pyridine rings is 1. The van der Waals surface area contributed by atoms with Gasteiger partial charge in [-0.15, -0.1) is 0 Å². The van der Waals surface area contributed by atoms with Gasteiger partial charge in [-0.3, -0.25) is 4.98 Å². The zero-order valence-electron chi connectivity index (χ0n) is 16.6. The summed E-state index contributed by atoms with van der Waals surface area (Å²) in [6.45, 7) is 2.03. The largest absolute Gasteiger partial charge is 0.454 e. The minimum atomic E-state index is 0.247. The third kappa shape index (κ3) is 4.91. The lowest BCUT2D eigenvalue weighted by atomic mass is 10.2. The molecule has 150 valence electrons. The topological polar surface area (TPSA) is 84.4 Å². The normalized spacial score (nSPS) is 12.2. The van der Waals surface area contributed by atoms with Gasteiger partial charge in [0.2, 0.25) is 12.7 Å². The smallest absolute Gasteiger partial charge is 0.231 e. The third-order valence-electron chi connectivity index (χ3n) is 4.36. The fourth-order valence-electron chi connectivity index (χ4n) is 2.95.